The predicted molar refractivity (Wildman–Crippen MR) is 82.2 cm³/mol. The zero-order valence-electron chi connectivity index (χ0n) is 12.6. The molecule has 0 radical (unpaired) electrons. The fourth-order valence-corrected chi connectivity index (χ4v) is 2.43. The Morgan fingerprint density at radius 3 is 2.75 bits per heavy atom. The van der Waals surface area contributed by atoms with Crippen LogP contribution in [0.5, 0.6) is 0 Å². The summed E-state index contributed by atoms with van der Waals surface area (Å²) < 4.78 is 5.83. The second kappa shape index (κ2) is 8.04. The van der Waals surface area contributed by atoms with Gasteiger partial charge in [0, 0.05) is 24.8 Å². The van der Waals surface area contributed by atoms with E-state index in [0.29, 0.717) is 12.1 Å². The molecule has 0 saturated heterocycles. The molecule has 2 rings (SSSR count). The Morgan fingerprint density at radius 2 is 2.00 bits per heavy atom. The smallest absolute Gasteiger partial charge is 0.224 e. The van der Waals surface area contributed by atoms with E-state index < -0.39 is 0 Å². The molecular weight excluding hydrogens is 252 g/mol. The third-order valence-electron chi connectivity index (χ3n) is 3.45. The van der Waals surface area contributed by atoms with E-state index >= 15 is 0 Å². The first-order valence-corrected chi connectivity index (χ1v) is 7.73. The Balaban J connectivity index is 1.74. The highest BCUT2D eigenvalue weighted by atomic mass is 16.5. The van der Waals surface area contributed by atoms with Crippen LogP contribution >= 0.6 is 0 Å². The molecule has 5 heteroatoms. The number of aromatic nitrogens is 2. The molecule has 0 aromatic carbocycles. The number of nitrogens with one attached hydrogen (secondary N) is 2. The maximum Gasteiger partial charge on any atom is 0.224 e. The van der Waals surface area contributed by atoms with Crippen LogP contribution in [0.1, 0.15) is 44.7 Å². The Labute approximate surface area is 121 Å². The zero-order valence-corrected chi connectivity index (χ0v) is 12.6. The van der Waals surface area contributed by atoms with Crippen molar-refractivity contribution in [2.75, 3.05) is 30.3 Å². The lowest BCUT2D eigenvalue weighted by molar-refractivity contribution is 0.0658. The van der Waals surface area contributed by atoms with Gasteiger partial charge in [-0.2, -0.15) is 4.98 Å². The second-order valence-corrected chi connectivity index (χ2v) is 5.35. The molecule has 112 valence electrons. The first-order chi connectivity index (χ1) is 9.78. The summed E-state index contributed by atoms with van der Waals surface area (Å²) in [5, 5.41) is 6.53. The number of rotatable bonds is 8. The third kappa shape index (κ3) is 4.96. The van der Waals surface area contributed by atoms with Crippen LogP contribution < -0.4 is 10.6 Å². The van der Waals surface area contributed by atoms with Gasteiger partial charge in [0.1, 0.15) is 5.82 Å². The molecule has 0 aliphatic heterocycles. The van der Waals surface area contributed by atoms with E-state index in [0.717, 1.165) is 37.6 Å². The molecule has 1 heterocycles. The van der Waals surface area contributed by atoms with Crippen molar-refractivity contribution in [3.63, 3.8) is 0 Å². The molecule has 0 amide bonds. The van der Waals surface area contributed by atoms with Gasteiger partial charge in [-0.15, -0.1) is 0 Å². The Bertz CT molecular complexity index is 405. The lowest BCUT2D eigenvalue weighted by Crippen LogP contribution is -2.16. The van der Waals surface area contributed by atoms with Crippen molar-refractivity contribution in [1.29, 1.82) is 0 Å². The molecule has 0 atom stereocenters. The molecule has 0 unspecified atom stereocenters. The van der Waals surface area contributed by atoms with Crippen LogP contribution in [0.3, 0.4) is 0 Å². The number of hydrogen-bond acceptors (Lipinski definition) is 5. The van der Waals surface area contributed by atoms with Crippen molar-refractivity contribution in [3.05, 3.63) is 11.8 Å². The summed E-state index contributed by atoms with van der Waals surface area (Å²) in [5.41, 5.74) is 0.970. The minimum absolute atomic E-state index is 0.478. The van der Waals surface area contributed by atoms with E-state index in [4.69, 9.17) is 4.74 Å². The molecule has 2 N–H and O–H groups in total. The van der Waals surface area contributed by atoms with Crippen LogP contribution in [0, 0.1) is 6.92 Å². The van der Waals surface area contributed by atoms with E-state index in [9.17, 15) is 0 Å². The maximum atomic E-state index is 5.83. The van der Waals surface area contributed by atoms with Gasteiger partial charge in [-0.05, 0) is 26.2 Å². The van der Waals surface area contributed by atoms with Gasteiger partial charge in [0.05, 0.1) is 12.7 Å². The standard InChI is InChI=1S/C15H26N4O/c1-3-8-17-15-18-12(2)11-14(19-15)16-9-10-20-13-6-4-5-7-13/h11,13H,3-10H2,1-2H3,(H2,16,17,18,19). The Hall–Kier alpha value is -1.36. The summed E-state index contributed by atoms with van der Waals surface area (Å²) in [6.07, 6.45) is 6.61. The highest BCUT2D eigenvalue weighted by molar-refractivity contribution is 5.42. The summed E-state index contributed by atoms with van der Waals surface area (Å²) in [7, 11) is 0. The van der Waals surface area contributed by atoms with Crippen LogP contribution in [-0.2, 0) is 4.74 Å². The van der Waals surface area contributed by atoms with Crippen LogP contribution in [0.15, 0.2) is 6.07 Å². The van der Waals surface area contributed by atoms with Gasteiger partial charge in [-0.25, -0.2) is 4.98 Å². The topological polar surface area (TPSA) is 59.1 Å². The zero-order chi connectivity index (χ0) is 14.2. The minimum atomic E-state index is 0.478. The van der Waals surface area contributed by atoms with E-state index in [1.54, 1.807) is 0 Å². The molecule has 1 aliphatic rings. The molecule has 1 fully saturated rings. The summed E-state index contributed by atoms with van der Waals surface area (Å²) >= 11 is 0. The van der Waals surface area contributed by atoms with Gasteiger partial charge in [-0.1, -0.05) is 19.8 Å². The highest BCUT2D eigenvalue weighted by Crippen LogP contribution is 2.20. The van der Waals surface area contributed by atoms with E-state index in [2.05, 4.69) is 27.5 Å². The molecule has 1 aromatic heterocycles. The summed E-state index contributed by atoms with van der Waals surface area (Å²) in [6.45, 7) is 6.54. The maximum absolute atomic E-state index is 5.83. The van der Waals surface area contributed by atoms with Crippen LogP contribution in [-0.4, -0.2) is 35.8 Å². The molecule has 0 spiro atoms. The molecule has 20 heavy (non-hydrogen) atoms. The van der Waals surface area contributed by atoms with Gasteiger partial charge >= 0.3 is 0 Å². The van der Waals surface area contributed by atoms with Crippen molar-refractivity contribution < 1.29 is 4.74 Å². The summed E-state index contributed by atoms with van der Waals surface area (Å²) in [6, 6.07) is 1.96. The number of ether oxygens (including phenoxy) is 1. The Morgan fingerprint density at radius 1 is 1.20 bits per heavy atom. The normalized spacial score (nSPS) is 15.5. The van der Waals surface area contributed by atoms with Crippen molar-refractivity contribution in [2.45, 2.75) is 52.1 Å². The van der Waals surface area contributed by atoms with Crippen molar-refractivity contribution in [2.24, 2.45) is 0 Å². The molecule has 1 aromatic rings. The first-order valence-electron chi connectivity index (χ1n) is 7.73. The molecular formula is C15H26N4O. The first kappa shape index (κ1) is 15.0. The highest BCUT2D eigenvalue weighted by Gasteiger charge is 2.14. The molecule has 1 aliphatic carbocycles. The number of anilines is 2. The molecule has 1 saturated carbocycles. The second-order valence-electron chi connectivity index (χ2n) is 5.35. The lowest BCUT2D eigenvalue weighted by atomic mass is 10.3. The number of hydrogen-bond donors (Lipinski definition) is 2. The SMILES string of the molecule is CCCNc1nc(C)cc(NCCOC2CCCC2)n1. The van der Waals surface area contributed by atoms with E-state index in [1.807, 2.05) is 13.0 Å². The summed E-state index contributed by atoms with van der Waals surface area (Å²) in [5.74, 6) is 1.57. The largest absolute Gasteiger partial charge is 0.376 e. The number of aryl methyl sites for hydroxylation is 1. The minimum Gasteiger partial charge on any atom is -0.376 e. The van der Waals surface area contributed by atoms with E-state index in [1.165, 1.54) is 25.7 Å². The monoisotopic (exact) mass is 278 g/mol. The van der Waals surface area contributed by atoms with Gasteiger partial charge in [-0.3, -0.25) is 0 Å². The Kier molecular flexibility index (Phi) is 6.05. The summed E-state index contributed by atoms with van der Waals surface area (Å²) in [4.78, 5) is 8.82. The van der Waals surface area contributed by atoms with Crippen molar-refractivity contribution in [1.82, 2.24) is 9.97 Å². The lowest BCUT2D eigenvalue weighted by Gasteiger charge is -2.12. The van der Waals surface area contributed by atoms with Crippen LogP contribution in [0.2, 0.25) is 0 Å². The fraction of sp³-hybridized carbons (Fsp3) is 0.733. The van der Waals surface area contributed by atoms with Gasteiger partial charge in [0.2, 0.25) is 5.95 Å². The molecule has 5 nitrogen and oxygen atoms in total. The van der Waals surface area contributed by atoms with Gasteiger partial charge < -0.3 is 15.4 Å². The van der Waals surface area contributed by atoms with Gasteiger partial charge in [0.25, 0.3) is 0 Å². The van der Waals surface area contributed by atoms with Gasteiger partial charge in [0.15, 0.2) is 0 Å². The average molecular weight is 278 g/mol. The average Bonchev–Trinajstić information content (AvgIpc) is 2.94. The molecule has 0 bridgehead atoms. The van der Waals surface area contributed by atoms with Crippen molar-refractivity contribution >= 4 is 11.8 Å². The van der Waals surface area contributed by atoms with E-state index in [-0.39, 0.29) is 0 Å². The van der Waals surface area contributed by atoms with Crippen LogP contribution in [0.4, 0.5) is 11.8 Å². The fourth-order valence-electron chi connectivity index (χ4n) is 2.43. The van der Waals surface area contributed by atoms with Crippen molar-refractivity contribution in [3.8, 4) is 0 Å². The van der Waals surface area contributed by atoms with Crippen LogP contribution in [0.25, 0.3) is 0 Å². The third-order valence-corrected chi connectivity index (χ3v) is 3.45. The quantitative estimate of drug-likeness (QED) is 0.716. The number of nitrogens with zero attached hydrogens (tertiary/aromatic N) is 2. The predicted octanol–water partition coefficient (Wildman–Crippen LogP) is 2.98.